The molecule has 2 rings (SSSR count). The lowest BCUT2D eigenvalue weighted by atomic mass is 10.2. The van der Waals surface area contributed by atoms with E-state index in [2.05, 4.69) is 15.0 Å². The van der Waals surface area contributed by atoms with Crippen LogP contribution in [0.5, 0.6) is 0 Å². The molecule has 0 aromatic carbocycles. The minimum atomic E-state index is -4.36. The summed E-state index contributed by atoms with van der Waals surface area (Å²) in [5, 5.41) is -0.774. The van der Waals surface area contributed by atoms with Crippen LogP contribution in [0, 0.1) is 0 Å². The Morgan fingerprint density at radius 1 is 1.41 bits per heavy atom. The minimum absolute atomic E-state index is 0.357. The van der Waals surface area contributed by atoms with Crippen LogP contribution < -0.4 is 0 Å². The number of thiazole rings is 1. The number of alkyl halides is 3. The van der Waals surface area contributed by atoms with Crippen LogP contribution in [0.2, 0.25) is 0 Å². The summed E-state index contributed by atoms with van der Waals surface area (Å²) in [6.45, 7) is 1.82. The van der Waals surface area contributed by atoms with E-state index in [1.54, 1.807) is 6.20 Å². The number of imidazole rings is 1. The second-order valence-corrected chi connectivity index (χ2v) is 4.58. The molecule has 3 nitrogen and oxygen atoms in total. The number of H-pyrrole nitrogens is 1. The van der Waals surface area contributed by atoms with E-state index < -0.39 is 11.2 Å². The Balaban J connectivity index is 2.30. The molecule has 17 heavy (non-hydrogen) atoms. The second-order valence-electron chi connectivity index (χ2n) is 3.49. The SMILES string of the molecule is CCc1sc(C(F)(F)F)nc1Cc1cnc[nH]1. The molecule has 0 spiro atoms. The fourth-order valence-electron chi connectivity index (χ4n) is 1.48. The number of aromatic nitrogens is 3. The van der Waals surface area contributed by atoms with Gasteiger partial charge in [0.1, 0.15) is 0 Å². The maximum absolute atomic E-state index is 12.5. The lowest BCUT2D eigenvalue weighted by Crippen LogP contribution is -2.04. The molecule has 2 aromatic heterocycles. The zero-order valence-electron chi connectivity index (χ0n) is 9.01. The highest BCUT2D eigenvalue weighted by atomic mass is 32.1. The van der Waals surface area contributed by atoms with E-state index in [-0.39, 0.29) is 0 Å². The number of nitrogens with one attached hydrogen (secondary N) is 1. The second kappa shape index (κ2) is 4.48. The molecule has 0 fully saturated rings. The number of hydrogen-bond donors (Lipinski definition) is 1. The minimum Gasteiger partial charge on any atom is -0.348 e. The maximum atomic E-state index is 12.5. The topological polar surface area (TPSA) is 41.6 Å². The molecule has 92 valence electrons. The van der Waals surface area contributed by atoms with Gasteiger partial charge in [0, 0.05) is 23.2 Å². The van der Waals surface area contributed by atoms with Crippen molar-refractivity contribution in [1.82, 2.24) is 15.0 Å². The first-order valence-corrected chi connectivity index (χ1v) is 5.85. The number of rotatable bonds is 3. The summed E-state index contributed by atoms with van der Waals surface area (Å²) in [6.07, 6.45) is -0.363. The van der Waals surface area contributed by atoms with Crippen LogP contribution in [0.1, 0.15) is 28.2 Å². The Bertz CT molecular complexity index is 487. The summed E-state index contributed by atoms with van der Waals surface area (Å²) < 4.78 is 37.6. The highest BCUT2D eigenvalue weighted by molar-refractivity contribution is 7.11. The van der Waals surface area contributed by atoms with E-state index in [1.807, 2.05) is 6.92 Å². The molecule has 0 aliphatic carbocycles. The van der Waals surface area contributed by atoms with Gasteiger partial charge >= 0.3 is 6.18 Å². The first-order chi connectivity index (χ1) is 8.00. The van der Waals surface area contributed by atoms with Crippen LogP contribution in [0.25, 0.3) is 0 Å². The number of aryl methyl sites for hydroxylation is 1. The van der Waals surface area contributed by atoms with Crippen molar-refractivity contribution >= 4 is 11.3 Å². The van der Waals surface area contributed by atoms with Crippen molar-refractivity contribution in [2.75, 3.05) is 0 Å². The highest BCUT2D eigenvalue weighted by Gasteiger charge is 2.35. The standard InChI is InChI=1S/C10H10F3N3S/c1-2-8-7(3-6-4-14-5-15-6)16-9(17-8)10(11,12)13/h4-5H,2-3H2,1H3,(H,14,15). The van der Waals surface area contributed by atoms with Gasteiger partial charge in [0.05, 0.1) is 12.0 Å². The van der Waals surface area contributed by atoms with Crippen LogP contribution in [-0.4, -0.2) is 15.0 Å². The Kier molecular flexibility index (Phi) is 3.19. The van der Waals surface area contributed by atoms with Gasteiger partial charge in [-0.15, -0.1) is 11.3 Å². The molecule has 0 unspecified atom stereocenters. The molecule has 1 N–H and O–H groups in total. The van der Waals surface area contributed by atoms with Crippen molar-refractivity contribution in [2.24, 2.45) is 0 Å². The quantitative estimate of drug-likeness (QED) is 0.922. The zero-order chi connectivity index (χ0) is 12.5. The molecule has 0 bridgehead atoms. The smallest absolute Gasteiger partial charge is 0.348 e. The molecule has 0 amide bonds. The fraction of sp³-hybridized carbons (Fsp3) is 0.400. The number of nitrogens with zero attached hydrogens (tertiary/aromatic N) is 2. The number of aromatic amines is 1. The average molecular weight is 261 g/mol. The Morgan fingerprint density at radius 2 is 2.18 bits per heavy atom. The van der Waals surface area contributed by atoms with E-state index in [0.29, 0.717) is 23.4 Å². The van der Waals surface area contributed by atoms with E-state index in [0.717, 1.165) is 17.0 Å². The fourth-order valence-corrected chi connectivity index (χ4v) is 2.37. The average Bonchev–Trinajstić information content (AvgIpc) is 2.86. The van der Waals surface area contributed by atoms with Gasteiger partial charge in [-0.3, -0.25) is 0 Å². The summed E-state index contributed by atoms with van der Waals surface area (Å²) in [5.41, 5.74) is 1.24. The molecule has 2 aromatic rings. The monoisotopic (exact) mass is 261 g/mol. The predicted octanol–water partition coefficient (Wildman–Crippen LogP) is 3.04. The highest BCUT2D eigenvalue weighted by Crippen LogP contribution is 2.34. The Labute approximate surface area is 99.7 Å². The third-order valence-electron chi connectivity index (χ3n) is 2.25. The molecular weight excluding hydrogens is 251 g/mol. The largest absolute Gasteiger partial charge is 0.443 e. The molecule has 0 aliphatic heterocycles. The van der Waals surface area contributed by atoms with Crippen molar-refractivity contribution in [1.29, 1.82) is 0 Å². The van der Waals surface area contributed by atoms with Crippen LogP contribution in [0.3, 0.4) is 0 Å². The molecule has 2 heterocycles. The van der Waals surface area contributed by atoms with Gasteiger partial charge in [-0.05, 0) is 6.42 Å². The molecular formula is C10H10F3N3S. The third-order valence-corrected chi connectivity index (χ3v) is 3.54. The summed E-state index contributed by atoms with van der Waals surface area (Å²) >= 11 is 0.718. The van der Waals surface area contributed by atoms with Gasteiger partial charge in [-0.2, -0.15) is 13.2 Å². The van der Waals surface area contributed by atoms with Crippen LogP contribution in [0.15, 0.2) is 12.5 Å². The first kappa shape index (κ1) is 12.1. The number of hydrogen-bond acceptors (Lipinski definition) is 3. The summed E-state index contributed by atoms with van der Waals surface area (Å²) in [5.74, 6) is 0. The van der Waals surface area contributed by atoms with E-state index in [1.165, 1.54) is 6.33 Å². The zero-order valence-corrected chi connectivity index (χ0v) is 9.82. The van der Waals surface area contributed by atoms with E-state index in [4.69, 9.17) is 0 Å². The van der Waals surface area contributed by atoms with E-state index >= 15 is 0 Å². The van der Waals surface area contributed by atoms with Crippen molar-refractivity contribution in [2.45, 2.75) is 25.9 Å². The number of halogens is 3. The lowest BCUT2D eigenvalue weighted by molar-refractivity contribution is -0.137. The molecule has 0 saturated heterocycles. The van der Waals surface area contributed by atoms with Gasteiger partial charge in [0.2, 0.25) is 0 Å². The van der Waals surface area contributed by atoms with E-state index in [9.17, 15) is 13.2 Å². The van der Waals surface area contributed by atoms with Crippen LogP contribution in [0.4, 0.5) is 13.2 Å². The van der Waals surface area contributed by atoms with Gasteiger partial charge in [-0.1, -0.05) is 6.92 Å². The van der Waals surface area contributed by atoms with Crippen molar-refractivity contribution < 1.29 is 13.2 Å². The van der Waals surface area contributed by atoms with Crippen molar-refractivity contribution in [3.05, 3.63) is 33.8 Å². The Hall–Kier alpha value is -1.37. The summed E-state index contributed by atoms with van der Waals surface area (Å²) in [4.78, 5) is 11.0. The third kappa shape index (κ3) is 2.66. The maximum Gasteiger partial charge on any atom is 0.443 e. The van der Waals surface area contributed by atoms with Gasteiger partial charge in [-0.25, -0.2) is 9.97 Å². The molecule has 0 saturated carbocycles. The van der Waals surface area contributed by atoms with Crippen molar-refractivity contribution in [3.63, 3.8) is 0 Å². The van der Waals surface area contributed by atoms with Crippen LogP contribution in [-0.2, 0) is 19.0 Å². The summed E-state index contributed by atoms with van der Waals surface area (Å²) in [6, 6.07) is 0. The predicted molar refractivity (Wildman–Crippen MR) is 57.9 cm³/mol. The van der Waals surface area contributed by atoms with Gasteiger partial charge < -0.3 is 4.98 Å². The van der Waals surface area contributed by atoms with Crippen LogP contribution >= 0.6 is 11.3 Å². The van der Waals surface area contributed by atoms with Gasteiger partial charge in [0.25, 0.3) is 0 Å². The van der Waals surface area contributed by atoms with Crippen molar-refractivity contribution in [3.8, 4) is 0 Å². The molecule has 0 atom stereocenters. The first-order valence-electron chi connectivity index (χ1n) is 5.03. The summed E-state index contributed by atoms with van der Waals surface area (Å²) in [7, 11) is 0. The normalized spacial score (nSPS) is 12.0. The Morgan fingerprint density at radius 3 is 2.71 bits per heavy atom. The molecule has 7 heteroatoms. The molecule has 0 radical (unpaired) electrons. The van der Waals surface area contributed by atoms with Gasteiger partial charge in [0.15, 0.2) is 5.01 Å². The lowest BCUT2D eigenvalue weighted by Gasteiger charge is -1.99. The molecule has 0 aliphatic rings.